The fourth-order valence-electron chi connectivity index (χ4n) is 2.58. The van der Waals surface area contributed by atoms with Crippen molar-refractivity contribution in [3.63, 3.8) is 0 Å². The van der Waals surface area contributed by atoms with Crippen molar-refractivity contribution in [2.45, 2.75) is 39.3 Å². The summed E-state index contributed by atoms with van der Waals surface area (Å²) in [5, 5.41) is 0.911. The predicted octanol–water partition coefficient (Wildman–Crippen LogP) is 2.41. The molecule has 3 rings (SSSR count). The number of carbonyl (C=O) groups is 1. The highest BCUT2D eigenvalue weighted by atomic mass is 16.6. The van der Waals surface area contributed by atoms with E-state index in [1.165, 1.54) is 6.26 Å². The number of carbonyl (C=O) groups excluding carboxylic acids is 1. The van der Waals surface area contributed by atoms with Crippen LogP contribution in [0.3, 0.4) is 0 Å². The van der Waals surface area contributed by atoms with Gasteiger partial charge in [0.1, 0.15) is 11.9 Å². The van der Waals surface area contributed by atoms with Crippen LogP contribution in [-0.2, 0) is 17.7 Å². The number of H-pyrrole nitrogens is 1. The van der Waals surface area contributed by atoms with Crippen molar-refractivity contribution >= 4 is 17.0 Å². The number of nitrogens with one attached hydrogen (secondary N) is 1. The summed E-state index contributed by atoms with van der Waals surface area (Å²) in [5.41, 5.74) is 1.55. The van der Waals surface area contributed by atoms with E-state index < -0.39 is 5.60 Å². The fraction of sp³-hybridized carbons (Fsp3) is 0.467. The van der Waals surface area contributed by atoms with E-state index in [0.717, 1.165) is 10.9 Å². The molecule has 21 heavy (non-hydrogen) atoms. The molecule has 0 fully saturated rings. The number of hydrogen-bond donors (Lipinski definition) is 1. The van der Waals surface area contributed by atoms with Crippen LogP contribution in [0.2, 0.25) is 0 Å². The summed E-state index contributed by atoms with van der Waals surface area (Å²) in [7, 11) is 0. The molecule has 3 heterocycles. The third-order valence-corrected chi connectivity index (χ3v) is 3.51. The third kappa shape index (κ3) is 2.53. The molecule has 0 saturated heterocycles. The zero-order valence-electron chi connectivity index (χ0n) is 12.4. The molecule has 0 unspecified atom stereocenters. The number of aromatic amines is 1. The largest absolute Gasteiger partial charge is 0.470 e. The molecular formula is C15H18N2O4. The smallest absolute Gasteiger partial charge is 0.410 e. The standard InChI is InChI=1S/C15H18N2O4/c1-15(2,3)21-14(19)17-5-4-9-10(6-17)13(18)16-12-8-20-7-11(9)12/h7-8H,4-6H2,1-3H3,(H,16,18). The van der Waals surface area contributed by atoms with E-state index in [2.05, 4.69) is 4.98 Å². The molecule has 0 atom stereocenters. The van der Waals surface area contributed by atoms with Crippen LogP contribution in [0.25, 0.3) is 10.9 Å². The van der Waals surface area contributed by atoms with Crippen LogP contribution < -0.4 is 5.56 Å². The topological polar surface area (TPSA) is 75.5 Å². The first kappa shape index (κ1) is 13.7. The summed E-state index contributed by atoms with van der Waals surface area (Å²) in [5.74, 6) is 0. The summed E-state index contributed by atoms with van der Waals surface area (Å²) >= 11 is 0. The molecule has 1 aliphatic rings. The Morgan fingerprint density at radius 2 is 2.10 bits per heavy atom. The van der Waals surface area contributed by atoms with Crippen LogP contribution in [0.15, 0.2) is 21.7 Å². The number of ether oxygens (including phenoxy) is 1. The quantitative estimate of drug-likeness (QED) is 0.808. The van der Waals surface area contributed by atoms with Crippen LogP contribution in [-0.4, -0.2) is 28.1 Å². The van der Waals surface area contributed by atoms with Crippen LogP contribution in [0, 0.1) is 0 Å². The highest BCUT2D eigenvalue weighted by Gasteiger charge is 2.28. The highest BCUT2D eigenvalue weighted by Crippen LogP contribution is 2.25. The van der Waals surface area contributed by atoms with Gasteiger partial charge in [-0.1, -0.05) is 0 Å². The Labute approximate surface area is 121 Å². The van der Waals surface area contributed by atoms with Gasteiger partial charge in [-0.2, -0.15) is 0 Å². The van der Waals surface area contributed by atoms with Crippen molar-refractivity contribution in [2.75, 3.05) is 6.54 Å². The zero-order chi connectivity index (χ0) is 15.2. The van der Waals surface area contributed by atoms with Crippen LogP contribution in [0.1, 0.15) is 31.9 Å². The van der Waals surface area contributed by atoms with E-state index in [1.807, 2.05) is 20.8 Å². The Kier molecular flexibility index (Phi) is 3.04. The SMILES string of the molecule is CC(C)(C)OC(=O)N1CCc2c(c(=O)[nH]c3cocc23)C1. The fourth-order valence-corrected chi connectivity index (χ4v) is 2.58. The average Bonchev–Trinajstić information content (AvgIpc) is 2.84. The van der Waals surface area contributed by atoms with Crippen molar-refractivity contribution in [1.29, 1.82) is 0 Å². The number of hydrogen-bond acceptors (Lipinski definition) is 4. The second-order valence-electron chi connectivity index (χ2n) is 6.26. The number of aromatic nitrogens is 1. The Balaban J connectivity index is 1.92. The molecule has 0 aromatic carbocycles. The van der Waals surface area contributed by atoms with Gasteiger partial charge in [-0.3, -0.25) is 4.79 Å². The molecule has 112 valence electrons. The molecule has 0 spiro atoms. The van der Waals surface area contributed by atoms with Gasteiger partial charge in [-0.05, 0) is 32.8 Å². The first-order valence-electron chi connectivity index (χ1n) is 6.93. The van der Waals surface area contributed by atoms with Crippen molar-refractivity contribution in [1.82, 2.24) is 9.88 Å². The lowest BCUT2D eigenvalue weighted by molar-refractivity contribution is 0.0223. The number of rotatable bonds is 0. The molecule has 1 N–H and O–H groups in total. The maximum Gasteiger partial charge on any atom is 0.410 e. The molecule has 0 bridgehead atoms. The Morgan fingerprint density at radius 3 is 2.81 bits per heavy atom. The van der Waals surface area contributed by atoms with Gasteiger partial charge in [0.15, 0.2) is 0 Å². The molecule has 0 aliphatic carbocycles. The first-order valence-corrected chi connectivity index (χ1v) is 6.93. The van der Waals surface area contributed by atoms with E-state index >= 15 is 0 Å². The number of amides is 1. The average molecular weight is 290 g/mol. The molecule has 1 aliphatic heterocycles. The number of fused-ring (bicyclic) bond motifs is 3. The minimum atomic E-state index is -0.543. The molecule has 2 aromatic rings. The predicted molar refractivity (Wildman–Crippen MR) is 77.2 cm³/mol. The van der Waals surface area contributed by atoms with Crippen LogP contribution in [0.4, 0.5) is 4.79 Å². The maximum absolute atomic E-state index is 12.2. The Morgan fingerprint density at radius 1 is 1.33 bits per heavy atom. The van der Waals surface area contributed by atoms with Gasteiger partial charge >= 0.3 is 6.09 Å². The van der Waals surface area contributed by atoms with Gasteiger partial charge in [-0.15, -0.1) is 0 Å². The van der Waals surface area contributed by atoms with E-state index in [1.54, 1.807) is 11.2 Å². The summed E-state index contributed by atoms with van der Waals surface area (Å²) in [4.78, 5) is 28.6. The van der Waals surface area contributed by atoms with Crippen molar-refractivity contribution in [3.05, 3.63) is 34.0 Å². The molecule has 0 saturated carbocycles. The van der Waals surface area contributed by atoms with Gasteiger partial charge in [0.25, 0.3) is 5.56 Å². The van der Waals surface area contributed by atoms with Crippen molar-refractivity contribution in [3.8, 4) is 0 Å². The zero-order valence-corrected chi connectivity index (χ0v) is 12.4. The molecule has 6 nitrogen and oxygen atoms in total. The minimum Gasteiger partial charge on any atom is -0.470 e. The molecule has 6 heteroatoms. The Bertz CT molecular complexity index is 751. The van der Waals surface area contributed by atoms with Gasteiger partial charge in [0, 0.05) is 17.5 Å². The van der Waals surface area contributed by atoms with Gasteiger partial charge < -0.3 is 19.0 Å². The van der Waals surface area contributed by atoms with E-state index in [9.17, 15) is 9.59 Å². The van der Waals surface area contributed by atoms with Gasteiger partial charge in [0.05, 0.1) is 18.3 Å². The monoisotopic (exact) mass is 290 g/mol. The number of pyridine rings is 1. The second-order valence-corrected chi connectivity index (χ2v) is 6.26. The van der Waals surface area contributed by atoms with Crippen LogP contribution >= 0.6 is 0 Å². The third-order valence-electron chi connectivity index (χ3n) is 3.51. The van der Waals surface area contributed by atoms with E-state index in [0.29, 0.717) is 24.0 Å². The summed E-state index contributed by atoms with van der Waals surface area (Å²) < 4.78 is 10.5. The lowest BCUT2D eigenvalue weighted by Gasteiger charge is -2.30. The molecular weight excluding hydrogens is 272 g/mol. The van der Waals surface area contributed by atoms with E-state index in [4.69, 9.17) is 9.15 Å². The lowest BCUT2D eigenvalue weighted by atomic mass is 9.99. The maximum atomic E-state index is 12.2. The van der Waals surface area contributed by atoms with Crippen molar-refractivity contribution < 1.29 is 13.9 Å². The van der Waals surface area contributed by atoms with Gasteiger partial charge in [0.2, 0.25) is 0 Å². The Hall–Kier alpha value is -2.24. The minimum absolute atomic E-state index is 0.174. The first-order chi connectivity index (χ1) is 9.85. The summed E-state index contributed by atoms with van der Waals surface area (Å²) in [6.07, 6.45) is 3.39. The number of furan rings is 1. The van der Waals surface area contributed by atoms with E-state index in [-0.39, 0.29) is 18.2 Å². The highest BCUT2D eigenvalue weighted by molar-refractivity contribution is 5.82. The normalized spacial score (nSPS) is 15.1. The van der Waals surface area contributed by atoms with Crippen LogP contribution in [0.5, 0.6) is 0 Å². The number of nitrogens with zero attached hydrogens (tertiary/aromatic N) is 1. The van der Waals surface area contributed by atoms with Gasteiger partial charge in [-0.25, -0.2) is 4.79 Å². The lowest BCUT2D eigenvalue weighted by Crippen LogP contribution is -2.41. The molecule has 0 radical (unpaired) electrons. The summed E-state index contributed by atoms with van der Waals surface area (Å²) in [6.45, 7) is 6.27. The molecule has 2 aromatic heterocycles. The second kappa shape index (κ2) is 4.65. The molecule has 1 amide bonds. The summed E-state index contributed by atoms with van der Waals surface area (Å²) in [6, 6.07) is 0. The van der Waals surface area contributed by atoms with Crippen molar-refractivity contribution in [2.24, 2.45) is 0 Å².